The van der Waals surface area contributed by atoms with Crippen LogP contribution in [0.15, 0.2) is 12.2 Å². The van der Waals surface area contributed by atoms with Crippen LogP contribution in [0.25, 0.3) is 0 Å². The van der Waals surface area contributed by atoms with Gasteiger partial charge in [0, 0.05) is 25.2 Å². The Hall–Kier alpha value is -0.380. The summed E-state index contributed by atoms with van der Waals surface area (Å²) in [6.07, 6.45) is 8.74. The molecule has 1 heterocycles. The van der Waals surface area contributed by atoms with Crippen LogP contribution in [-0.4, -0.2) is 42.8 Å². The van der Waals surface area contributed by atoms with Gasteiger partial charge in [-0.05, 0) is 26.2 Å². The lowest BCUT2D eigenvalue weighted by Gasteiger charge is -2.39. The minimum absolute atomic E-state index is 0.139. The number of allylic oxidation sites excluding steroid dienone is 1. The molecule has 3 unspecified atom stereocenters. The Bertz CT molecular complexity index is 228. The molecule has 0 aromatic heterocycles. The molecule has 1 aliphatic carbocycles. The summed E-state index contributed by atoms with van der Waals surface area (Å²) in [5.74, 6) is 0. The van der Waals surface area contributed by atoms with Crippen LogP contribution in [0.1, 0.15) is 26.2 Å². The topological polar surface area (TPSA) is 38.5 Å². The van der Waals surface area contributed by atoms with E-state index in [-0.39, 0.29) is 12.1 Å². The molecule has 0 bridgehead atoms. The van der Waals surface area contributed by atoms with E-state index in [0.29, 0.717) is 6.04 Å². The second-order valence-electron chi connectivity index (χ2n) is 4.69. The lowest BCUT2D eigenvalue weighted by molar-refractivity contribution is -0.0471. The van der Waals surface area contributed by atoms with Crippen LogP contribution in [0, 0.1) is 0 Å². The van der Waals surface area contributed by atoms with Crippen LogP contribution < -0.4 is 5.73 Å². The van der Waals surface area contributed by atoms with Crippen LogP contribution in [-0.2, 0) is 4.74 Å². The zero-order chi connectivity index (χ0) is 10.7. The summed E-state index contributed by atoms with van der Waals surface area (Å²) in [4.78, 5) is 2.52. The summed E-state index contributed by atoms with van der Waals surface area (Å²) in [5.41, 5.74) is 5.89. The van der Waals surface area contributed by atoms with E-state index in [0.717, 1.165) is 19.7 Å². The molecule has 0 saturated carbocycles. The van der Waals surface area contributed by atoms with E-state index >= 15 is 0 Å². The highest BCUT2D eigenvalue weighted by Crippen LogP contribution is 2.19. The predicted molar refractivity (Wildman–Crippen MR) is 61.7 cm³/mol. The molecule has 3 nitrogen and oxygen atoms in total. The van der Waals surface area contributed by atoms with E-state index in [1.165, 1.54) is 19.3 Å². The third-order valence-corrected chi connectivity index (χ3v) is 3.41. The fourth-order valence-corrected chi connectivity index (χ4v) is 2.41. The van der Waals surface area contributed by atoms with E-state index in [1.807, 2.05) is 6.92 Å². The van der Waals surface area contributed by atoms with Gasteiger partial charge in [-0.2, -0.15) is 0 Å². The monoisotopic (exact) mass is 210 g/mol. The van der Waals surface area contributed by atoms with E-state index in [1.54, 1.807) is 0 Å². The summed E-state index contributed by atoms with van der Waals surface area (Å²) in [6.45, 7) is 4.91. The molecule has 1 saturated heterocycles. The molecule has 2 rings (SSSR count). The Labute approximate surface area is 92.3 Å². The Balaban J connectivity index is 1.91. The van der Waals surface area contributed by atoms with Crippen LogP contribution in [0.4, 0.5) is 0 Å². The first kappa shape index (κ1) is 11.1. The summed E-state index contributed by atoms with van der Waals surface area (Å²) in [7, 11) is 0. The molecule has 0 aromatic rings. The SMILES string of the molecule is CC(N)C1CN(C2C=CCCC2)CCO1. The van der Waals surface area contributed by atoms with E-state index < -0.39 is 0 Å². The standard InChI is InChI=1S/C12H22N2O/c1-10(13)12-9-14(7-8-15-12)11-5-3-2-4-6-11/h3,5,10-12H,2,4,6-9,13H2,1H3. The summed E-state index contributed by atoms with van der Waals surface area (Å²) >= 11 is 0. The molecule has 0 spiro atoms. The van der Waals surface area contributed by atoms with Crippen LogP contribution in [0.2, 0.25) is 0 Å². The van der Waals surface area contributed by atoms with Crippen LogP contribution in [0.5, 0.6) is 0 Å². The maximum absolute atomic E-state index is 5.89. The van der Waals surface area contributed by atoms with Gasteiger partial charge in [0.25, 0.3) is 0 Å². The predicted octanol–water partition coefficient (Wildman–Crippen LogP) is 1.14. The molecular formula is C12H22N2O. The minimum Gasteiger partial charge on any atom is -0.374 e. The van der Waals surface area contributed by atoms with Crippen molar-refractivity contribution in [3.8, 4) is 0 Å². The van der Waals surface area contributed by atoms with Crippen molar-refractivity contribution in [1.29, 1.82) is 0 Å². The molecule has 3 heteroatoms. The van der Waals surface area contributed by atoms with Gasteiger partial charge in [-0.15, -0.1) is 0 Å². The Morgan fingerprint density at radius 2 is 2.40 bits per heavy atom. The molecule has 0 aromatic carbocycles. The Morgan fingerprint density at radius 3 is 3.07 bits per heavy atom. The quantitative estimate of drug-likeness (QED) is 0.695. The number of nitrogens with zero attached hydrogens (tertiary/aromatic N) is 1. The molecule has 1 aliphatic heterocycles. The number of nitrogens with two attached hydrogens (primary N) is 1. The fourth-order valence-electron chi connectivity index (χ4n) is 2.41. The second-order valence-corrected chi connectivity index (χ2v) is 4.69. The summed E-state index contributed by atoms with van der Waals surface area (Å²) in [5, 5.41) is 0. The van der Waals surface area contributed by atoms with Gasteiger partial charge in [0.05, 0.1) is 12.7 Å². The fraction of sp³-hybridized carbons (Fsp3) is 0.833. The van der Waals surface area contributed by atoms with Gasteiger partial charge in [-0.1, -0.05) is 12.2 Å². The molecule has 1 fully saturated rings. The molecule has 2 N–H and O–H groups in total. The smallest absolute Gasteiger partial charge is 0.0850 e. The molecule has 0 amide bonds. The van der Waals surface area contributed by atoms with Gasteiger partial charge in [0.1, 0.15) is 0 Å². The first-order valence-electron chi connectivity index (χ1n) is 6.05. The third kappa shape index (κ3) is 2.80. The first-order valence-corrected chi connectivity index (χ1v) is 6.05. The van der Waals surface area contributed by atoms with Gasteiger partial charge in [0.15, 0.2) is 0 Å². The molecule has 15 heavy (non-hydrogen) atoms. The number of hydrogen-bond donors (Lipinski definition) is 1. The van der Waals surface area contributed by atoms with Gasteiger partial charge in [-0.25, -0.2) is 0 Å². The molecule has 3 atom stereocenters. The number of rotatable bonds is 2. The summed E-state index contributed by atoms with van der Waals surface area (Å²) in [6, 6.07) is 0.768. The van der Waals surface area contributed by atoms with Crippen molar-refractivity contribution < 1.29 is 4.74 Å². The van der Waals surface area contributed by atoms with Crippen molar-refractivity contribution in [3.05, 3.63) is 12.2 Å². The Morgan fingerprint density at radius 1 is 1.53 bits per heavy atom. The number of hydrogen-bond acceptors (Lipinski definition) is 3. The van der Waals surface area contributed by atoms with E-state index in [2.05, 4.69) is 17.1 Å². The lowest BCUT2D eigenvalue weighted by atomic mass is 10.00. The molecular weight excluding hydrogens is 188 g/mol. The van der Waals surface area contributed by atoms with E-state index in [9.17, 15) is 0 Å². The minimum atomic E-state index is 0.139. The van der Waals surface area contributed by atoms with Crippen molar-refractivity contribution in [1.82, 2.24) is 4.90 Å². The van der Waals surface area contributed by atoms with Gasteiger partial charge >= 0.3 is 0 Å². The second kappa shape index (κ2) is 5.10. The van der Waals surface area contributed by atoms with E-state index in [4.69, 9.17) is 10.5 Å². The zero-order valence-electron chi connectivity index (χ0n) is 9.56. The average molecular weight is 210 g/mol. The van der Waals surface area contributed by atoms with Crippen molar-refractivity contribution in [2.75, 3.05) is 19.7 Å². The van der Waals surface area contributed by atoms with Crippen LogP contribution in [0.3, 0.4) is 0 Å². The lowest BCUT2D eigenvalue weighted by Crippen LogP contribution is -2.52. The number of ether oxygens (including phenoxy) is 1. The maximum atomic E-state index is 5.89. The Kier molecular flexibility index (Phi) is 3.78. The summed E-state index contributed by atoms with van der Waals surface area (Å²) < 4.78 is 5.67. The molecule has 2 aliphatic rings. The molecule has 86 valence electrons. The van der Waals surface area contributed by atoms with Gasteiger partial charge in [0.2, 0.25) is 0 Å². The zero-order valence-corrected chi connectivity index (χ0v) is 9.56. The highest BCUT2D eigenvalue weighted by molar-refractivity contribution is 4.99. The average Bonchev–Trinajstić information content (AvgIpc) is 2.30. The normalized spacial score (nSPS) is 35.3. The number of morpholine rings is 1. The third-order valence-electron chi connectivity index (χ3n) is 3.41. The van der Waals surface area contributed by atoms with Crippen molar-refractivity contribution in [3.63, 3.8) is 0 Å². The van der Waals surface area contributed by atoms with Crippen molar-refractivity contribution in [2.24, 2.45) is 5.73 Å². The first-order chi connectivity index (χ1) is 7.27. The van der Waals surface area contributed by atoms with Crippen molar-refractivity contribution in [2.45, 2.75) is 44.4 Å². The van der Waals surface area contributed by atoms with Crippen molar-refractivity contribution >= 4 is 0 Å². The van der Waals surface area contributed by atoms with Gasteiger partial charge in [-0.3, -0.25) is 4.90 Å². The highest BCUT2D eigenvalue weighted by Gasteiger charge is 2.27. The highest BCUT2D eigenvalue weighted by atomic mass is 16.5. The maximum Gasteiger partial charge on any atom is 0.0850 e. The van der Waals surface area contributed by atoms with Crippen LogP contribution >= 0.6 is 0 Å². The van der Waals surface area contributed by atoms with Gasteiger partial charge < -0.3 is 10.5 Å². The molecule has 0 radical (unpaired) electrons. The largest absolute Gasteiger partial charge is 0.374 e.